The number of hydrogen-bond donors (Lipinski definition) is 2. The summed E-state index contributed by atoms with van der Waals surface area (Å²) in [6.07, 6.45) is 4.08. The molecule has 0 saturated heterocycles. The van der Waals surface area contributed by atoms with Crippen LogP contribution in [0.15, 0.2) is 60.8 Å². The van der Waals surface area contributed by atoms with Crippen LogP contribution in [0.3, 0.4) is 0 Å². The highest BCUT2D eigenvalue weighted by Gasteiger charge is 2.19. The van der Waals surface area contributed by atoms with E-state index in [1.54, 1.807) is 13.3 Å². The van der Waals surface area contributed by atoms with E-state index in [-0.39, 0.29) is 12.6 Å². The minimum absolute atomic E-state index is 0.234. The molecule has 0 aliphatic rings. The molecule has 0 radical (unpaired) electrons. The van der Waals surface area contributed by atoms with Gasteiger partial charge in [-0.05, 0) is 24.1 Å². The van der Waals surface area contributed by atoms with Gasteiger partial charge in [0.1, 0.15) is 18.2 Å². The Kier molecular flexibility index (Phi) is 7.28. The molecule has 0 bridgehead atoms. The van der Waals surface area contributed by atoms with E-state index < -0.39 is 6.09 Å². The molecule has 0 fully saturated rings. The summed E-state index contributed by atoms with van der Waals surface area (Å²) in [6.45, 7) is 2.35. The zero-order chi connectivity index (χ0) is 20.5. The topological polar surface area (TPSA) is 76.2 Å². The Hall–Kier alpha value is -3.28. The molecule has 1 unspecified atom stereocenters. The quantitative estimate of drug-likeness (QED) is 0.521. The maximum Gasteiger partial charge on any atom is 0.408 e. The van der Waals surface area contributed by atoms with Gasteiger partial charge in [0.25, 0.3) is 0 Å². The van der Waals surface area contributed by atoms with E-state index in [2.05, 4.69) is 22.2 Å². The molecule has 1 heterocycles. The lowest BCUT2D eigenvalue weighted by molar-refractivity contribution is 0.134. The number of H-pyrrole nitrogens is 1. The van der Waals surface area contributed by atoms with Crippen LogP contribution in [0.2, 0.25) is 0 Å². The number of ether oxygens (including phenoxy) is 2. The molecule has 1 atom stereocenters. The van der Waals surface area contributed by atoms with Gasteiger partial charge in [-0.2, -0.15) is 0 Å². The Bertz CT molecular complexity index is 908. The number of nitrogens with one attached hydrogen (secondary N) is 2. The molecule has 6 heteroatoms. The molecule has 0 aliphatic carbocycles. The van der Waals surface area contributed by atoms with Crippen LogP contribution in [-0.2, 0) is 11.3 Å². The third-order valence-corrected chi connectivity index (χ3v) is 4.67. The fourth-order valence-corrected chi connectivity index (χ4v) is 3.11. The maximum absolute atomic E-state index is 12.3. The molecule has 0 saturated carbocycles. The normalized spacial score (nSPS) is 11.7. The van der Waals surface area contributed by atoms with E-state index in [1.807, 2.05) is 54.6 Å². The number of nitrogens with zero attached hydrogens (tertiary/aromatic N) is 1. The SMILES string of the molecule is CCCCC(NC(=O)OCc1ccccc1)c1ncc(-c2ccccc2OC)[nH]1. The summed E-state index contributed by atoms with van der Waals surface area (Å²) in [7, 11) is 1.64. The van der Waals surface area contributed by atoms with E-state index in [0.29, 0.717) is 5.82 Å². The van der Waals surface area contributed by atoms with Crippen molar-refractivity contribution in [2.75, 3.05) is 7.11 Å². The molecule has 152 valence electrons. The average Bonchev–Trinajstić information content (AvgIpc) is 3.26. The first-order chi connectivity index (χ1) is 14.2. The predicted molar refractivity (Wildman–Crippen MR) is 113 cm³/mol. The monoisotopic (exact) mass is 393 g/mol. The first-order valence-electron chi connectivity index (χ1n) is 9.86. The zero-order valence-electron chi connectivity index (χ0n) is 16.9. The number of methoxy groups -OCH3 is 1. The number of carbonyl (C=O) groups is 1. The number of alkyl carbamates (subject to hydrolysis) is 1. The number of para-hydroxylation sites is 1. The van der Waals surface area contributed by atoms with Gasteiger partial charge in [-0.25, -0.2) is 9.78 Å². The van der Waals surface area contributed by atoms with Crippen LogP contribution in [0.5, 0.6) is 5.75 Å². The highest BCUT2D eigenvalue weighted by atomic mass is 16.5. The van der Waals surface area contributed by atoms with E-state index in [1.165, 1.54) is 0 Å². The van der Waals surface area contributed by atoms with Gasteiger partial charge in [-0.1, -0.05) is 62.2 Å². The summed E-state index contributed by atoms with van der Waals surface area (Å²) >= 11 is 0. The molecular formula is C23H27N3O3. The third-order valence-electron chi connectivity index (χ3n) is 4.67. The van der Waals surface area contributed by atoms with Crippen molar-refractivity contribution in [1.29, 1.82) is 0 Å². The predicted octanol–water partition coefficient (Wildman–Crippen LogP) is 5.24. The Labute approximate surface area is 171 Å². The van der Waals surface area contributed by atoms with Gasteiger partial charge in [0.05, 0.1) is 25.0 Å². The van der Waals surface area contributed by atoms with Crippen LogP contribution in [0.1, 0.15) is 43.6 Å². The van der Waals surface area contributed by atoms with Crippen molar-refractivity contribution in [2.24, 2.45) is 0 Å². The lowest BCUT2D eigenvalue weighted by Gasteiger charge is -2.16. The summed E-state index contributed by atoms with van der Waals surface area (Å²) in [5, 5.41) is 2.95. The smallest absolute Gasteiger partial charge is 0.408 e. The van der Waals surface area contributed by atoms with Crippen LogP contribution in [0.25, 0.3) is 11.3 Å². The number of aromatic nitrogens is 2. The lowest BCUT2D eigenvalue weighted by Crippen LogP contribution is -2.29. The van der Waals surface area contributed by atoms with Gasteiger partial charge in [-0.3, -0.25) is 0 Å². The maximum atomic E-state index is 12.3. The second kappa shape index (κ2) is 10.3. The first-order valence-corrected chi connectivity index (χ1v) is 9.86. The molecule has 6 nitrogen and oxygen atoms in total. The Morgan fingerprint density at radius 1 is 1.14 bits per heavy atom. The zero-order valence-corrected chi connectivity index (χ0v) is 16.9. The van der Waals surface area contributed by atoms with E-state index in [0.717, 1.165) is 41.8 Å². The van der Waals surface area contributed by atoms with Crippen molar-refractivity contribution in [3.63, 3.8) is 0 Å². The van der Waals surface area contributed by atoms with Crippen LogP contribution in [0, 0.1) is 0 Å². The first kappa shape index (κ1) is 20.5. The van der Waals surface area contributed by atoms with E-state index >= 15 is 0 Å². The van der Waals surface area contributed by atoms with E-state index in [9.17, 15) is 4.79 Å². The molecule has 1 aromatic heterocycles. The van der Waals surface area contributed by atoms with E-state index in [4.69, 9.17) is 9.47 Å². The van der Waals surface area contributed by atoms with Gasteiger partial charge in [0.15, 0.2) is 0 Å². The molecule has 2 aromatic carbocycles. The summed E-state index contributed by atoms with van der Waals surface area (Å²) in [5.41, 5.74) is 2.72. The second-order valence-corrected chi connectivity index (χ2v) is 6.78. The van der Waals surface area contributed by atoms with Crippen molar-refractivity contribution in [1.82, 2.24) is 15.3 Å². The number of carbonyl (C=O) groups excluding carboxylic acids is 1. The number of hydrogen-bond acceptors (Lipinski definition) is 4. The minimum atomic E-state index is -0.454. The van der Waals surface area contributed by atoms with Crippen LogP contribution in [0.4, 0.5) is 4.79 Å². The fourth-order valence-electron chi connectivity index (χ4n) is 3.11. The Morgan fingerprint density at radius 2 is 1.90 bits per heavy atom. The van der Waals surface area contributed by atoms with Crippen molar-refractivity contribution in [3.05, 3.63) is 72.2 Å². The summed E-state index contributed by atoms with van der Waals surface area (Å²) in [5.74, 6) is 1.47. The molecular weight excluding hydrogens is 366 g/mol. The number of aromatic amines is 1. The van der Waals surface area contributed by atoms with Gasteiger partial charge in [-0.15, -0.1) is 0 Å². The number of amides is 1. The standard InChI is InChI=1S/C23H27N3O3/c1-3-4-13-19(26-23(27)29-16-17-10-6-5-7-11-17)22-24-15-20(25-22)18-12-8-9-14-21(18)28-2/h5-12,14-15,19H,3-4,13,16H2,1-2H3,(H,24,25)(H,26,27). The van der Waals surface area contributed by atoms with Gasteiger partial charge >= 0.3 is 6.09 Å². The summed E-state index contributed by atoms with van der Waals surface area (Å²) in [4.78, 5) is 20.2. The molecule has 29 heavy (non-hydrogen) atoms. The van der Waals surface area contributed by atoms with Crippen molar-refractivity contribution >= 4 is 6.09 Å². The van der Waals surface area contributed by atoms with Crippen LogP contribution >= 0.6 is 0 Å². The molecule has 3 aromatic rings. The van der Waals surface area contributed by atoms with Gasteiger partial charge in [0, 0.05) is 5.56 Å². The largest absolute Gasteiger partial charge is 0.496 e. The van der Waals surface area contributed by atoms with Gasteiger partial charge in [0.2, 0.25) is 0 Å². The lowest BCUT2D eigenvalue weighted by atomic mass is 10.1. The van der Waals surface area contributed by atoms with Gasteiger partial charge < -0.3 is 19.8 Å². The molecule has 0 spiro atoms. The molecule has 2 N–H and O–H groups in total. The Balaban J connectivity index is 1.70. The van der Waals surface area contributed by atoms with Crippen molar-refractivity contribution in [2.45, 2.75) is 38.8 Å². The molecule has 0 aliphatic heterocycles. The highest BCUT2D eigenvalue weighted by Crippen LogP contribution is 2.29. The fraction of sp³-hybridized carbons (Fsp3) is 0.304. The Morgan fingerprint density at radius 3 is 2.66 bits per heavy atom. The molecule has 3 rings (SSSR count). The van der Waals surface area contributed by atoms with Crippen molar-refractivity contribution < 1.29 is 14.3 Å². The minimum Gasteiger partial charge on any atom is -0.496 e. The number of benzene rings is 2. The van der Waals surface area contributed by atoms with Crippen molar-refractivity contribution in [3.8, 4) is 17.0 Å². The molecule has 1 amide bonds. The summed E-state index contributed by atoms with van der Waals surface area (Å²) < 4.78 is 10.8. The highest BCUT2D eigenvalue weighted by molar-refractivity contribution is 5.68. The third kappa shape index (κ3) is 5.60. The number of rotatable bonds is 9. The summed E-state index contributed by atoms with van der Waals surface area (Å²) in [6, 6.07) is 17.1. The number of unbranched alkanes of at least 4 members (excludes halogenated alkanes) is 1. The number of imidazole rings is 1. The second-order valence-electron chi connectivity index (χ2n) is 6.78. The average molecular weight is 393 g/mol. The van der Waals surface area contributed by atoms with Crippen LogP contribution < -0.4 is 10.1 Å². The van der Waals surface area contributed by atoms with Crippen LogP contribution in [-0.4, -0.2) is 23.2 Å².